The molecule has 3 heterocycles. The lowest BCUT2D eigenvalue weighted by molar-refractivity contribution is -0.131. The second-order valence-corrected chi connectivity index (χ2v) is 6.48. The zero-order valence-electron chi connectivity index (χ0n) is 12.0. The highest BCUT2D eigenvalue weighted by atomic mass is 32.1. The van der Waals surface area contributed by atoms with Crippen LogP contribution in [0.4, 0.5) is 0 Å². The van der Waals surface area contributed by atoms with E-state index in [0.29, 0.717) is 18.8 Å². The summed E-state index contributed by atoms with van der Waals surface area (Å²) in [5, 5.41) is 3.01. The van der Waals surface area contributed by atoms with Crippen LogP contribution in [-0.4, -0.2) is 35.5 Å². The molecule has 1 fully saturated rings. The molecule has 0 spiro atoms. The molecule has 2 aromatic rings. The number of rotatable bonds is 3. The number of hydrogen-bond donors (Lipinski definition) is 0. The largest absolute Gasteiger partial charge is 0.426 e. The van der Waals surface area contributed by atoms with Gasteiger partial charge < -0.3 is 9.47 Å². The monoisotopic (exact) mass is 316 g/mol. The van der Waals surface area contributed by atoms with E-state index in [9.17, 15) is 4.79 Å². The van der Waals surface area contributed by atoms with Gasteiger partial charge in [0.25, 0.3) is 0 Å². The van der Waals surface area contributed by atoms with Crippen LogP contribution >= 0.6 is 11.3 Å². The smallest absolute Gasteiger partial charge is 0.315 e. The lowest BCUT2D eigenvalue weighted by Crippen LogP contribution is -2.37. The minimum Gasteiger partial charge on any atom is -0.426 e. The molecule has 1 aromatic heterocycles. The van der Waals surface area contributed by atoms with Gasteiger partial charge >= 0.3 is 5.97 Å². The summed E-state index contributed by atoms with van der Waals surface area (Å²) in [5.74, 6) is 0.551. The van der Waals surface area contributed by atoms with Crippen molar-refractivity contribution in [3.8, 4) is 5.75 Å². The Balaban J connectivity index is 1.45. The predicted molar refractivity (Wildman–Crippen MR) is 81.9 cm³/mol. The highest BCUT2D eigenvalue weighted by molar-refractivity contribution is 7.09. The molecule has 5 nitrogen and oxygen atoms in total. The quantitative estimate of drug-likeness (QED) is 0.642. The van der Waals surface area contributed by atoms with Crippen molar-refractivity contribution in [1.29, 1.82) is 0 Å². The molecule has 114 valence electrons. The summed E-state index contributed by atoms with van der Waals surface area (Å²) in [7, 11) is 0. The van der Waals surface area contributed by atoms with Gasteiger partial charge in [0.05, 0.1) is 13.0 Å². The number of hydrogen-bond acceptors (Lipinski definition) is 6. The van der Waals surface area contributed by atoms with Crippen LogP contribution in [0.1, 0.15) is 22.2 Å². The first-order chi connectivity index (χ1) is 10.8. The van der Waals surface area contributed by atoms with Crippen molar-refractivity contribution >= 4 is 17.3 Å². The van der Waals surface area contributed by atoms with Crippen molar-refractivity contribution in [3.05, 3.63) is 45.9 Å². The van der Waals surface area contributed by atoms with Crippen LogP contribution in [0.3, 0.4) is 0 Å². The van der Waals surface area contributed by atoms with Crippen molar-refractivity contribution in [2.24, 2.45) is 0 Å². The number of esters is 1. The summed E-state index contributed by atoms with van der Waals surface area (Å²) in [6.45, 7) is 3.28. The highest BCUT2D eigenvalue weighted by Gasteiger charge is 2.25. The normalized spacial score (nSPS) is 21.6. The molecular weight excluding hydrogens is 300 g/mol. The van der Waals surface area contributed by atoms with Crippen LogP contribution in [0.15, 0.2) is 29.8 Å². The number of morpholine rings is 1. The van der Waals surface area contributed by atoms with Gasteiger partial charge in [0.2, 0.25) is 0 Å². The number of ether oxygens (including phenoxy) is 2. The number of aromatic nitrogens is 1. The first-order valence-corrected chi connectivity index (χ1v) is 8.22. The van der Waals surface area contributed by atoms with Crippen molar-refractivity contribution < 1.29 is 14.3 Å². The Morgan fingerprint density at radius 2 is 2.36 bits per heavy atom. The van der Waals surface area contributed by atoms with Gasteiger partial charge in [-0.1, -0.05) is 12.1 Å². The van der Waals surface area contributed by atoms with E-state index in [0.717, 1.165) is 35.8 Å². The molecule has 0 aliphatic carbocycles. The van der Waals surface area contributed by atoms with Gasteiger partial charge in [-0.05, 0) is 11.6 Å². The molecule has 0 bridgehead atoms. The van der Waals surface area contributed by atoms with E-state index in [4.69, 9.17) is 9.47 Å². The minimum atomic E-state index is -0.164. The third kappa shape index (κ3) is 2.77. The van der Waals surface area contributed by atoms with E-state index in [2.05, 4.69) is 16.0 Å². The Labute approximate surface area is 132 Å². The van der Waals surface area contributed by atoms with Crippen LogP contribution in [0.5, 0.6) is 5.75 Å². The SMILES string of the molecule is O=C1Cc2ccc(CN3CCO[C@H](c4nccs4)C3)cc2O1. The summed E-state index contributed by atoms with van der Waals surface area (Å²) in [4.78, 5) is 18.0. The Morgan fingerprint density at radius 1 is 1.41 bits per heavy atom. The summed E-state index contributed by atoms with van der Waals surface area (Å²) >= 11 is 1.63. The number of benzene rings is 1. The van der Waals surface area contributed by atoms with Crippen molar-refractivity contribution in [2.75, 3.05) is 19.7 Å². The molecule has 6 heteroatoms. The Bertz CT molecular complexity index is 687. The Morgan fingerprint density at radius 3 is 3.23 bits per heavy atom. The van der Waals surface area contributed by atoms with Gasteiger partial charge in [-0.25, -0.2) is 4.98 Å². The molecule has 22 heavy (non-hydrogen) atoms. The molecule has 2 aliphatic heterocycles. The van der Waals surface area contributed by atoms with Crippen molar-refractivity contribution in [2.45, 2.75) is 19.1 Å². The number of nitrogens with zero attached hydrogens (tertiary/aromatic N) is 2. The van der Waals surface area contributed by atoms with E-state index < -0.39 is 0 Å². The summed E-state index contributed by atoms with van der Waals surface area (Å²) in [5.41, 5.74) is 2.14. The fourth-order valence-electron chi connectivity index (χ4n) is 2.90. The second kappa shape index (κ2) is 5.79. The summed E-state index contributed by atoms with van der Waals surface area (Å²) in [6.07, 6.45) is 2.26. The van der Waals surface area contributed by atoms with E-state index in [1.807, 2.05) is 23.7 Å². The maximum atomic E-state index is 11.3. The standard InChI is InChI=1S/C16H16N2O3S/c19-15-8-12-2-1-11(7-13(12)21-15)9-18-4-5-20-14(10-18)16-17-3-6-22-16/h1-3,6-7,14H,4-5,8-10H2/t14-/m0/s1. The Hall–Kier alpha value is -1.76. The predicted octanol–water partition coefficient (Wildman–Crippen LogP) is 2.18. The minimum absolute atomic E-state index is 0.0565. The molecule has 0 saturated carbocycles. The topological polar surface area (TPSA) is 51.7 Å². The van der Waals surface area contributed by atoms with Crippen LogP contribution in [-0.2, 0) is 22.5 Å². The molecular formula is C16H16N2O3S. The number of carbonyl (C=O) groups excluding carboxylic acids is 1. The molecule has 1 aromatic carbocycles. The Kier molecular flexibility index (Phi) is 3.65. The molecule has 1 atom stereocenters. The average Bonchev–Trinajstić information content (AvgIpc) is 3.15. The number of fused-ring (bicyclic) bond motifs is 1. The van der Waals surface area contributed by atoms with E-state index in [1.165, 1.54) is 0 Å². The zero-order valence-corrected chi connectivity index (χ0v) is 12.8. The van der Waals surface area contributed by atoms with Gasteiger partial charge in [-0.15, -0.1) is 11.3 Å². The number of carbonyl (C=O) groups is 1. The molecule has 1 saturated heterocycles. The molecule has 2 aliphatic rings. The maximum absolute atomic E-state index is 11.3. The second-order valence-electron chi connectivity index (χ2n) is 5.56. The van der Waals surface area contributed by atoms with Gasteiger partial charge in [0.1, 0.15) is 16.9 Å². The maximum Gasteiger partial charge on any atom is 0.315 e. The summed E-state index contributed by atoms with van der Waals surface area (Å²) < 4.78 is 11.0. The van der Waals surface area contributed by atoms with Crippen LogP contribution in [0, 0.1) is 0 Å². The van der Waals surface area contributed by atoms with Gasteiger partial charge in [0, 0.05) is 36.8 Å². The third-order valence-electron chi connectivity index (χ3n) is 3.97. The lowest BCUT2D eigenvalue weighted by atomic mass is 10.1. The zero-order chi connectivity index (χ0) is 14.9. The first kappa shape index (κ1) is 13.9. The summed E-state index contributed by atoms with van der Waals surface area (Å²) in [6, 6.07) is 6.05. The number of thiazole rings is 1. The average molecular weight is 316 g/mol. The van der Waals surface area contributed by atoms with E-state index in [-0.39, 0.29) is 12.1 Å². The molecule has 0 N–H and O–H groups in total. The van der Waals surface area contributed by atoms with Gasteiger partial charge in [0.15, 0.2) is 0 Å². The third-order valence-corrected chi connectivity index (χ3v) is 4.84. The lowest BCUT2D eigenvalue weighted by Gasteiger charge is -2.32. The van der Waals surface area contributed by atoms with Gasteiger partial charge in [-0.3, -0.25) is 9.69 Å². The van der Waals surface area contributed by atoms with Crippen LogP contribution in [0.25, 0.3) is 0 Å². The first-order valence-electron chi connectivity index (χ1n) is 7.34. The van der Waals surface area contributed by atoms with Gasteiger partial charge in [-0.2, -0.15) is 0 Å². The molecule has 4 rings (SSSR count). The van der Waals surface area contributed by atoms with Crippen LogP contribution in [0.2, 0.25) is 0 Å². The van der Waals surface area contributed by atoms with Crippen molar-refractivity contribution in [1.82, 2.24) is 9.88 Å². The molecule has 0 radical (unpaired) electrons. The molecule has 0 amide bonds. The van der Waals surface area contributed by atoms with Crippen molar-refractivity contribution in [3.63, 3.8) is 0 Å². The van der Waals surface area contributed by atoms with E-state index >= 15 is 0 Å². The highest BCUT2D eigenvalue weighted by Crippen LogP contribution is 2.29. The van der Waals surface area contributed by atoms with Crippen LogP contribution < -0.4 is 4.74 Å². The molecule has 0 unspecified atom stereocenters. The van der Waals surface area contributed by atoms with E-state index in [1.54, 1.807) is 11.3 Å². The fraction of sp³-hybridized carbons (Fsp3) is 0.375. The fourth-order valence-corrected chi connectivity index (χ4v) is 3.58.